The van der Waals surface area contributed by atoms with Crippen LogP contribution in [0.1, 0.15) is 28.7 Å². The Bertz CT molecular complexity index is 1260. The second kappa shape index (κ2) is 7.42. The molecule has 0 radical (unpaired) electrons. The summed E-state index contributed by atoms with van der Waals surface area (Å²) in [5.74, 6) is 1.86. The molecule has 0 bridgehead atoms. The maximum atomic E-state index is 12.8. The first-order valence-corrected chi connectivity index (χ1v) is 10.5. The predicted octanol–water partition coefficient (Wildman–Crippen LogP) is 3.75. The highest BCUT2D eigenvalue weighted by Crippen LogP contribution is 2.32. The number of hydrogen-bond acceptors (Lipinski definition) is 7. The van der Waals surface area contributed by atoms with Gasteiger partial charge < -0.3 is 14.8 Å². The van der Waals surface area contributed by atoms with Crippen LogP contribution in [-0.4, -0.2) is 38.9 Å². The van der Waals surface area contributed by atoms with Crippen LogP contribution < -0.4 is 14.8 Å². The third-order valence-corrected chi connectivity index (χ3v) is 5.86. The second-order valence-electron chi connectivity index (χ2n) is 6.91. The molecular formula is C21H19N5O3S. The number of aryl methyl sites for hydroxylation is 2. The van der Waals surface area contributed by atoms with Gasteiger partial charge in [-0.1, -0.05) is 30.4 Å². The van der Waals surface area contributed by atoms with Crippen molar-refractivity contribution in [2.24, 2.45) is 0 Å². The molecule has 3 heterocycles. The molecule has 9 heteroatoms. The van der Waals surface area contributed by atoms with Crippen molar-refractivity contribution in [2.45, 2.75) is 20.3 Å². The van der Waals surface area contributed by atoms with Gasteiger partial charge in [0, 0.05) is 23.2 Å². The normalized spacial score (nSPS) is 12.9. The lowest BCUT2D eigenvalue weighted by Crippen LogP contribution is -2.17. The first-order valence-electron chi connectivity index (χ1n) is 9.65. The van der Waals surface area contributed by atoms with Crippen molar-refractivity contribution in [3.63, 3.8) is 0 Å². The van der Waals surface area contributed by atoms with Crippen molar-refractivity contribution in [3.05, 3.63) is 53.3 Å². The molecule has 0 unspecified atom stereocenters. The summed E-state index contributed by atoms with van der Waals surface area (Å²) in [4.78, 5) is 13.6. The fourth-order valence-corrected chi connectivity index (χ4v) is 4.12. The molecule has 0 aliphatic carbocycles. The number of rotatable bonds is 4. The van der Waals surface area contributed by atoms with Gasteiger partial charge in [-0.25, -0.2) is 0 Å². The fraction of sp³-hybridized carbons (Fsp3) is 0.238. The van der Waals surface area contributed by atoms with E-state index in [9.17, 15) is 4.79 Å². The lowest BCUT2D eigenvalue weighted by Gasteiger charge is -2.18. The number of anilines is 1. The predicted molar refractivity (Wildman–Crippen MR) is 114 cm³/mol. The van der Waals surface area contributed by atoms with Crippen LogP contribution in [0.4, 0.5) is 5.69 Å². The van der Waals surface area contributed by atoms with E-state index in [-0.39, 0.29) is 5.91 Å². The van der Waals surface area contributed by atoms with Crippen LogP contribution in [0.15, 0.2) is 36.4 Å². The standard InChI is InChI=1S/C21H19N5O3S/c1-3-18-23-24-21-26(18)25-20(30-21)14-5-4-12(2)15(10-14)22-19(27)13-6-7-16-17(11-13)29-9-8-28-16/h4-7,10-11H,3,8-9H2,1-2H3,(H,22,27). The quantitative estimate of drug-likeness (QED) is 0.540. The number of amides is 1. The summed E-state index contributed by atoms with van der Waals surface area (Å²) >= 11 is 1.47. The summed E-state index contributed by atoms with van der Waals surface area (Å²) in [6.45, 7) is 4.97. The maximum absolute atomic E-state index is 12.8. The van der Waals surface area contributed by atoms with Gasteiger partial charge in [0.05, 0.1) is 0 Å². The van der Waals surface area contributed by atoms with E-state index in [1.54, 1.807) is 22.7 Å². The van der Waals surface area contributed by atoms with Crippen molar-refractivity contribution >= 4 is 27.9 Å². The van der Waals surface area contributed by atoms with Crippen molar-refractivity contribution in [1.29, 1.82) is 0 Å². The third kappa shape index (κ3) is 3.26. The Morgan fingerprint density at radius 2 is 1.97 bits per heavy atom. The lowest BCUT2D eigenvalue weighted by atomic mass is 10.1. The molecule has 2 aromatic carbocycles. The minimum atomic E-state index is -0.210. The molecule has 30 heavy (non-hydrogen) atoms. The molecule has 0 atom stereocenters. The second-order valence-corrected chi connectivity index (χ2v) is 7.87. The lowest BCUT2D eigenvalue weighted by molar-refractivity contribution is 0.102. The maximum Gasteiger partial charge on any atom is 0.255 e. The Labute approximate surface area is 176 Å². The van der Waals surface area contributed by atoms with Gasteiger partial charge in [0.15, 0.2) is 17.3 Å². The number of nitrogens with zero attached hydrogens (tertiary/aromatic N) is 4. The highest BCUT2D eigenvalue weighted by atomic mass is 32.1. The number of hydrogen-bond donors (Lipinski definition) is 1. The van der Waals surface area contributed by atoms with Crippen LogP contribution in [0.3, 0.4) is 0 Å². The Morgan fingerprint density at radius 1 is 1.13 bits per heavy atom. The molecule has 5 rings (SSSR count). The number of carbonyl (C=O) groups is 1. The average molecular weight is 421 g/mol. The number of nitrogens with one attached hydrogen (secondary N) is 1. The van der Waals surface area contributed by atoms with Crippen molar-refractivity contribution in [1.82, 2.24) is 19.8 Å². The highest BCUT2D eigenvalue weighted by molar-refractivity contribution is 7.19. The zero-order chi connectivity index (χ0) is 20.7. The van der Waals surface area contributed by atoms with Crippen LogP contribution in [0, 0.1) is 6.92 Å². The minimum absolute atomic E-state index is 0.210. The van der Waals surface area contributed by atoms with Gasteiger partial charge >= 0.3 is 0 Å². The molecule has 1 amide bonds. The summed E-state index contributed by atoms with van der Waals surface area (Å²) in [5.41, 5.74) is 3.11. The molecular weight excluding hydrogens is 402 g/mol. The van der Waals surface area contributed by atoms with Crippen LogP contribution in [0.2, 0.25) is 0 Å². The largest absolute Gasteiger partial charge is 0.486 e. The van der Waals surface area contributed by atoms with Crippen molar-refractivity contribution < 1.29 is 14.3 Å². The first kappa shape index (κ1) is 18.6. The molecule has 1 aliphatic rings. The van der Waals surface area contributed by atoms with Crippen LogP contribution in [-0.2, 0) is 6.42 Å². The monoisotopic (exact) mass is 421 g/mol. The van der Waals surface area contributed by atoms with Gasteiger partial charge in [-0.2, -0.15) is 9.61 Å². The fourth-order valence-electron chi connectivity index (χ4n) is 3.26. The van der Waals surface area contributed by atoms with Gasteiger partial charge in [-0.15, -0.1) is 10.2 Å². The molecule has 0 saturated heterocycles. The number of aromatic nitrogens is 4. The van der Waals surface area contributed by atoms with Gasteiger partial charge in [0.1, 0.15) is 18.2 Å². The summed E-state index contributed by atoms with van der Waals surface area (Å²) in [6, 6.07) is 11.1. The van der Waals surface area contributed by atoms with Gasteiger partial charge in [-0.3, -0.25) is 4.79 Å². The Kier molecular flexibility index (Phi) is 4.59. The van der Waals surface area contributed by atoms with E-state index >= 15 is 0 Å². The van der Waals surface area contributed by atoms with E-state index in [4.69, 9.17) is 9.47 Å². The molecule has 1 aliphatic heterocycles. The molecule has 152 valence electrons. The Morgan fingerprint density at radius 3 is 2.80 bits per heavy atom. The van der Waals surface area contributed by atoms with E-state index in [0.29, 0.717) is 30.3 Å². The van der Waals surface area contributed by atoms with Crippen LogP contribution in [0.5, 0.6) is 11.5 Å². The molecule has 2 aromatic heterocycles. The van der Waals surface area contributed by atoms with Gasteiger partial charge in [0.25, 0.3) is 5.91 Å². The minimum Gasteiger partial charge on any atom is -0.486 e. The summed E-state index contributed by atoms with van der Waals surface area (Å²) in [7, 11) is 0. The number of fused-ring (bicyclic) bond motifs is 2. The van der Waals surface area contributed by atoms with E-state index in [1.165, 1.54) is 11.3 Å². The Hall–Kier alpha value is -3.46. The third-order valence-electron chi connectivity index (χ3n) is 4.91. The molecule has 0 fully saturated rings. The summed E-state index contributed by atoms with van der Waals surface area (Å²) in [6.07, 6.45) is 0.759. The zero-order valence-corrected chi connectivity index (χ0v) is 17.3. The molecule has 0 saturated carbocycles. The molecule has 4 aromatic rings. The SMILES string of the molecule is CCc1nnc2sc(-c3ccc(C)c(NC(=O)c4ccc5c(c4)OCCO5)c3)nn12. The van der Waals surface area contributed by atoms with Crippen molar-refractivity contribution in [2.75, 3.05) is 18.5 Å². The van der Waals surface area contributed by atoms with E-state index < -0.39 is 0 Å². The number of carbonyl (C=O) groups excluding carboxylic acids is 1. The Balaban J connectivity index is 1.43. The molecule has 0 spiro atoms. The van der Waals surface area contributed by atoms with Gasteiger partial charge in [0.2, 0.25) is 4.96 Å². The number of benzene rings is 2. The van der Waals surface area contributed by atoms with Crippen LogP contribution in [0.25, 0.3) is 15.5 Å². The molecule has 8 nitrogen and oxygen atoms in total. The van der Waals surface area contributed by atoms with Crippen molar-refractivity contribution in [3.8, 4) is 22.1 Å². The van der Waals surface area contributed by atoms with Gasteiger partial charge in [-0.05, 0) is 36.8 Å². The highest BCUT2D eigenvalue weighted by Gasteiger charge is 2.17. The van der Waals surface area contributed by atoms with Crippen LogP contribution >= 0.6 is 11.3 Å². The average Bonchev–Trinajstić information content (AvgIpc) is 3.35. The molecule has 1 N–H and O–H groups in total. The summed E-state index contributed by atoms with van der Waals surface area (Å²) in [5, 5.41) is 16.8. The smallest absolute Gasteiger partial charge is 0.255 e. The topological polar surface area (TPSA) is 90.6 Å². The number of ether oxygens (including phenoxy) is 2. The first-order chi connectivity index (χ1) is 14.6. The summed E-state index contributed by atoms with van der Waals surface area (Å²) < 4.78 is 12.9. The van der Waals surface area contributed by atoms with E-state index in [1.807, 2.05) is 32.0 Å². The van der Waals surface area contributed by atoms with E-state index in [2.05, 4.69) is 20.6 Å². The van der Waals surface area contributed by atoms with E-state index in [0.717, 1.165) is 39.0 Å². The zero-order valence-electron chi connectivity index (χ0n) is 16.5.